The van der Waals surface area contributed by atoms with E-state index in [4.69, 9.17) is 4.74 Å². The third-order valence-corrected chi connectivity index (χ3v) is 2.99. The molecule has 0 saturated heterocycles. The normalized spacial score (nSPS) is 12.3. The Morgan fingerprint density at radius 1 is 1.37 bits per heavy atom. The second-order valence-corrected chi connectivity index (χ2v) is 6.44. The molecule has 0 heterocycles. The Balaban J connectivity index is 2.47. The summed E-state index contributed by atoms with van der Waals surface area (Å²) in [4.78, 5) is 12.4. The second-order valence-electron chi connectivity index (χ2n) is 4.87. The third-order valence-electron chi connectivity index (χ3n) is 2.53. The molecule has 0 spiro atoms. The highest BCUT2D eigenvalue weighted by molar-refractivity contribution is 9.09. The quantitative estimate of drug-likeness (QED) is 0.611. The highest BCUT2D eigenvalue weighted by atomic mass is 79.9. The molecule has 1 N–H and O–H groups in total. The molecule has 0 aliphatic carbocycles. The van der Waals surface area contributed by atoms with E-state index < -0.39 is 0 Å². The van der Waals surface area contributed by atoms with Gasteiger partial charge >= 0.3 is 0 Å². The Morgan fingerprint density at radius 3 is 2.74 bits per heavy atom. The van der Waals surface area contributed by atoms with Gasteiger partial charge in [0, 0.05) is 16.9 Å². The monoisotopic (exact) mass is 327 g/mol. The predicted molar refractivity (Wildman–Crippen MR) is 82.2 cm³/mol. The molecule has 1 aromatic carbocycles. The molecule has 106 valence electrons. The van der Waals surface area contributed by atoms with Gasteiger partial charge in [0.15, 0.2) is 0 Å². The first-order valence-electron chi connectivity index (χ1n) is 6.68. The smallest absolute Gasteiger partial charge is 0.251 e. The number of carbonyl (C=O) groups is 1. The number of nitrogens with one attached hydrogen (secondary N) is 1. The van der Waals surface area contributed by atoms with Gasteiger partial charge in [0.05, 0.1) is 6.10 Å². The zero-order chi connectivity index (χ0) is 14.3. The van der Waals surface area contributed by atoms with Crippen LogP contribution in [0, 0.1) is 0 Å². The summed E-state index contributed by atoms with van der Waals surface area (Å²) in [7, 11) is 0. The molecule has 19 heavy (non-hydrogen) atoms. The zero-order valence-electron chi connectivity index (χ0n) is 11.8. The maximum Gasteiger partial charge on any atom is 0.251 e. The standard InChI is InChI=1S/C15H22BrNO2/c1-11(2)19-14-8-4-7-13(10-14)15(18)17-9-5-6-12(3)16/h4,7-8,10-12H,5-6,9H2,1-3H3,(H,17,18). The van der Waals surface area contributed by atoms with Crippen LogP contribution >= 0.6 is 15.9 Å². The van der Waals surface area contributed by atoms with Gasteiger partial charge in [-0.15, -0.1) is 0 Å². The van der Waals surface area contributed by atoms with Crippen molar-refractivity contribution in [3.05, 3.63) is 29.8 Å². The highest BCUT2D eigenvalue weighted by Crippen LogP contribution is 2.15. The van der Waals surface area contributed by atoms with E-state index in [1.807, 2.05) is 26.0 Å². The van der Waals surface area contributed by atoms with Crippen LogP contribution in [0.5, 0.6) is 5.75 Å². The van der Waals surface area contributed by atoms with Gasteiger partial charge in [-0.25, -0.2) is 0 Å². The van der Waals surface area contributed by atoms with Gasteiger partial charge in [-0.2, -0.15) is 0 Å². The minimum Gasteiger partial charge on any atom is -0.491 e. The van der Waals surface area contributed by atoms with Crippen LogP contribution in [-0.2, 0) is 0 Å². The van der Waals surface area contributed by atoms with Crippen LogP contribution in [0.15, 0.2) is 24.3 Å². The SMILES string of the molecule is CC(Br)CCCNC(=O)c1cccc(OC(C)C)c1. The van der Waals surface area contributed by atoms with Crippen LogP contribution in [0.4, 0.5) is 0 Å². The van der Waals surface area contributed by atoms with Crippen molar-refractivity contribution in [1.82, 2.24) is 5.32 Å². The van der Waals surface area contributed by atoms with Crippen LogP contribution in [0.3, 0.4) is 0 Å². The second kappa shape index (κ2) is 8.20. The van der Waals surface area contributed by atoms with E-state index >= 15 is 0 Å². The van der Waals surface area contributed by atoms with Crippen molar-refractivity contribution in [2.45, 2.75) is 44.5 Å². The Hall–Kier alpha value is -1.03. The van der Waals surface area contributed by atoms with Gasteiger partial charge in [0.25, 0.3) is 5.91 Å². The fourth-order valence-electron chi connectivity index (χ4n) is 1.67. The molecule has 0 aliphatic heterocycles. The molecular weight excluding hydrogens is 306 g/mol. The summed E-state index contributed by atoms with van der Waals surface area (Å²) in [6.45, 7) is 6.74. The summed E-state index contributed by atoms with van der Waals surface area (Å²) >= 11 is 3.49. The summed E-state index contributed by atoms with van der Waals surface area (Å²) in [5.41, 5.74) is 0.644. The van der Waals surface area contributed by atoms with E-state index in [9.17, 15) is 4.79 Å². The van der Waals surface area contributed by atoms with Crippen molar-refractivity contribution in [2.75, 3.05) is 6.54 Å². The van der Waals surface area contributed by atoms with Gasteiger partial charge in [0.1, 0.15) is 5.75 Å². The van der Waals surface area contributed by atoms with Gasteiger partial charge in [-0.1, -0.05) is 28.9 Å². The molecule has 3 nitrogen and oxygen atoms in total. The lowest BCUT2D eigenvalue weighted by atomic mass is 10.2. The molecule has 1 unspecified atom stereocenters. The van der Waals surface area contributed by atoms with E-state index in [0.29, 0.717) is 16.9 Å². The summed E-state index contributed by atoms with van der Waals surface area (Å²) < 4.78 is 5.58. The van der Waals surface area contributed by atoms with E-state index in [1.54, 1.807) is 12.1 Å². The number of rotatable bonds is 7. The van der Waals surface area contributed by atoms with Crippen molar-refractivity contribution in [2.24, 2.45) is 0 Å². The minimum absolute atomic E-state index is 0.0450. The highest BCUT2D eigenvalue weighted by Gasteiger charge is 2.07. The first kappa shape index (κ1) is 16.0. The third kappa shape index (κ3) is 6.62. The topological polar surface area (TPSA) is 38.3 Å². The lowest BCUT2D eigenvalue weighted by Crippen LogP contribution is -2.24. The zero-order valence-corrected chi connectivity index (χ0v) is 13.4. The largest absolute Gasteiger partial charge is 0.491 e. The van der Waals surface area contributed by atoms with Crippen LogP contribution < -0.4 is 10.1 Å². The molecule has 0 bridgehead atoms. The molecule has 0 aromatic heterocycles. The van der Waals surface area contributed by atoms with Crippen molar-refractivity contribution in [1.29, 1.82) is 0 Å². The summed E-state index contributed by atoms with van der Waals surface area (Å²) in [6.07, 6.45) is 2.13. The fourth-order valence-corrected chi connectivity index (χ4v) is 1.99. The van der Waals surface area contributed by atoms with Crippen molar-refractivity contribution in [3.63, 3.8) is 0 Å². The molecule has 0 aliphatic rings. The van der Waals surface area contributed by atoms with Crippen molar-refractivity contribution in [3.8, 4) is 5.75 Å². The van der Waals surface area contributed by atoms with Gasteiger partial charge in [-0.3, -0.25) is 4.79 Å². The lowest BCUT2D eigenvalue weighted by Gasteiger charge is -2.11. The number of amides is 1. The van der Waals surface area contributed by atoms with Crippen LogP contribution in [0.25, 0.3) is 0 Å². The Kier molecular flexibility index (Phi) is 6.92. The number of hydrogen-bond acceptors (Lipinski definition) is 2. The van der Waals surface area contributed by atoms with Gasteiger partial charge < -0.3 is 10.1 Å². The number of benzene rings is 1. The van der Waals surface area contributed by atoms with E-state index in [1.165, 1.54) is 0 Å². The number of alkyl halides is 1. The summed E-state index contributed by atoms with van der Waals surface area (Å²) in [5, 5.41) is 2.92. The van der Waals surface area contributed by atoms with Gasteiger partial charge in [0.2, 0.25) is 0 Å². The molecular formula is C15H22BrNO2. The first-order chi connectivity index (χ1) is 8.99. The maximum atomic E-state index is 11.9. The van der Waals surface area contributed by atoms with E-state index in [0.717, 1.165) is 18.6 Å². The Labute approximate surface area is 123 Å². The molecule has 1 aromatic rings. The number of ether oxygens (including phenoxy) is 1. The number of hydrogen-bond donors (Lipinski definition) is 1. The Morgan fingerprint density at radius 2 is 2.11 bits per heavy atom. The molecule has 1 rings (SSSR count). The minimum atomic E-state index is -0.0450. The molecule has 4 heteroatoms. The van der Waals surface area contributed by atoms with E-state index in [2.05, 4.69) is 28.2 Å². The molecule has 0 fully saturated rings. The van der Waals surface area contributed by atoms with Gasteiger partial charge in [-0.05, 0) is 44.9 Å². The molecule has 1 amide bonds. The molecule has 0 radical (unpaired) electrons. The lowest BCUT2D eigenvalue weighted by molar-refractivity contribution is 0.0952. The average molecular weight is 328 g/mol. The summed E-state index contributed by atoms with van der Waals surface area (Å²) in [5.74, 6) is 0.688. The van der Waals surface area contributed by atoms with Crippen molar-refractivity contribution >= 4 is 21.8 Å². The molecule has 1 atom stereocenters. The summed E-state index contributed by atoms with van der Waals surface area (Å²) in [6, 6.07) is 7.29. The fraction of sp³-hybridized carbons (Fsp3) is 0.533. The van der Waals surface area contributed by atoms with E-state index in [-0.39, 0.29) is 12.0 Å². The Bertz CT molecular complexity index is 405. The van der Waals surface area contributed by atoms with Crippen LogP contribution in [0.2, 0.25) is 0 Å². The predicted octanol–water partition coefficient (Wildman–Crippen LogP) is 3.77. The van der Waals surface area contributed by atoms with Crippen molar-refractivity contribution < 1.29 is 9.53 Å². The number of halogens is 1. The first-order valence-corrected chi connectivity index (χ1v) is 7.59. The molecule has 0 saturated carbocycles. The average Bonchev–Trinajstić information content (AvgIpc) is 2.33. The maximum absolute atomic E-state index is 11.9. The number of carbonyl (C=O) groups excluding carboxylic acids is 1. The van der Waals surface area contributed by atoms with Crippen LogP contribution in [0.1, 0.15) is 44.0 Å². The van der Waals surface area contributed by atoms with Crippen LogP contribution in [-0.4, -0.2) is 23.4 Å².